The second-order valence-electron chi connectivity index (χ2n) is 7.09. The number of pyridine rings is 1. The third-order valence-electron chi connectivity index (χ3n) is 5.07. The predicted octanol–water partition coefficient (Wildman–Crippen LogP) is 2.32. The summed E-state index contributed by atoms with van der Waals surface area (Å²) in [6.07, 6.45) is 3.43. The normalized spacial score (nSPS) is 20.3. The first kappa shape index (κ1) is 19.0. The molecule has 0 N–H and O–H groups in total. The molecule has 7 nitrogen and oxygen atoms in total. The number of sulfonamides is 1. The Kier molecular flexibility index (Phi) is 4.90. The Balaban J connectivity index is 1.70. The number of para-hydroxylation sites is 1. The van der Waals surface area contributed by atoms with Crippen molar-refractivity contribution in [2.24, 2.45) is 5.92 Å². The number of ether oxygens (including phenoxy) is 1. The number of nitrogens with zero attached hydrogens (tertiary/aromatic N) is 4. The topological polar surface area (TPSA) is 77.3 Å². The van der Waals surface area contributed by atoms with Gasteiger partial charge in [0.25, 0.3) is 0 Å². The van der Waals surface area contributed by atoms with Crippen molar-refractivity contribution in [3.05, 3.63) is 48.5 Å². The van der Waals surface area contributed by atoms with Crippen LogP contribution in [0.1, 0.15) is 6.04 Å². The molecule has 4 rings (SSSR count). The SMILES string of the molecule is CN(C)S(=O)(=O)C[C@H]1COC[C@H]1n1ccnc1-c1ccc2cccc(F)c2n1. The largest absolute Gasteiger partial charge is 0.379 e. The van der Waals surface area contributed by atoms with Crippen molar-refractivity contribution < 1.29 is 17.5 Å². The molecular formula is C19H21FN4O3S. The average molecular weight is 404 g/mol. The van der Waals surface area contributed by atoms with E-state index in [1.807, 2.05) is 4.57 Å². The van der Waals surface area contributed by atoms with Crippen molar-refractivity contribution in [1.82, 2.24) is 18.8 Å². The highest BCUT2D eigenvalue weighted by Gasteiger charge is 2.35. The highest BCUT2D eigenvalue weighted by Crippen LogP contribution is 2.32. The van der Waals surface area contributed by atoms with E-state index in [0.29, 0.717) is 30.1 Å². The van der Waals surface area contributed by atoms with Gasteiger partial charge >= 0.3 is 0 Å². The van der Waals surface area contributed by atoms with Gasteiger partial charge in [0.05, 0.1) is 25.0 Å². The van der Waals surface area contributed by atoms with Crippen LogP contribution in [0.15, 0.2) is 42.7 Å². The van der Waals surface area contributed by atoms with E-state index in [1.54, 1.807) is 36.7 Å². The summed E-state index contributed by atoms with van der Waals surface area (Å²) < 4.78 is 47.5. The molecule has 1 fully saturated rings. The Bertz CT molecular complexity index is 1110. The van der Waals surface area contributed by atoms with Crippen molar-refractivity contribution in [2.75, 3.05) is 33.1 Å². The molecule has 28 heavy (non-hydrogen) atoms. The quantitative estimate of drug-likeness (QED) is 0.652. The maximum absolute atomic E-state index is 14.2. The van der Waals surface area contributed by atoms with Crippen molar-refractivity contribution in [3.63, 3.8) is 0 Å². The number of imidazole rings is 1. The molecule has 3 heterocycles. The van der Waals surface area contributed by atoms with Gasteiger partial charge in [-0.1, -0.05) is 18.2 Å². The Hall–Kier alpha value is -2.36. The molecule has 0 radical (unpaired) electrons. The van der Waals surface area contributed by atoms with Gasteiger partial charge in [0, 0.05) is 37.8 Å². The second-order valence-corrected chi connectivity index (χ2v) is 9.32. The smallest absolute Gasteiger partial charge is 0.214 e. The summed E-state index contributed by atoms with van der Waals surface area (Å²) in [5, 5.41) is 0.709. The summed E-state index contributed by atoms with van der Waals surface area (Å²) in [5.41, 5.74) is 0.813. The Labute approximate surface area is 162 Å². The number of benzene rings is 1. The number of fused-ring (bicyclic) bond motifs is 1. The lowest BCUT2D eigenvalue weighted by Crippen LogP contribution is -2.32. The van der Waals surface area contributed by atoms with Crippen LogP contribution in [0.2, 0.25) is 0 Å². The molecule has 1 aliphatic heterocycles. The fraction of sp³-hybridized carbons (Fsp3) is 0.368. The lowest BCUT2D eigenvalue weighted by Gasteiger charge is -2.22. The van der Waals surface area contributed by atoms with Crippen molar-refractivity contribution in [1.29, 1.82) is 0 Å². The van der Waals surface area contributed by atoms with Gasteiger partial charge in [-0.2, -0.15) is 0 Å². The van der Waals surface area contributed by atoms with Gasteiger partial charge < -0.3 is 9.30 Å². The molecule has 0 bridgehead atoms. The number of halogens is 1. The van der Waals surface area contributed by atoms with Crippen molar-refractivity contribution >= 4 is 20.9 Å². The number of hydrogen-bond donors (Lipinski definition) is 0. The summed E-state index contributed by atoms with van der Waals surface area (Å²) in [6.45, 7) is 0.744. The third kappa shape index (κ3) is 3.41. The monoisotopic (exact) mass is 404 g/mol. The zero-order valence-corrected chi connectivity index (χ0v) is 16.4. The van der Waals surface area contributed by atoms with Crippen LogP contribution in [0.5, 0.6) is 0 Å². The third-order valence-corrected chi connectivity index (χ3v) is 7.03. The summed E-state index contributed by atoms with van der Waals surface area (Å²) in [5.74, 6) is -0.0516. The second kappa shape index (κ2) is 7.23. The highest BCUT2D eigenvalue weighted by molar-refractivity contribution is 7.89. The molecule has 0 aliphatic carbocycles. The fourth-order valence-corrected chi connectivity index (χ4v) is 4.65. The van der Waals surface area contributed by atoms with E-state index in [1.165, 1.54) is 24.5 Å². The van der Waals surface area contributed by atoms with Gasteiger partial charge in [-0.25, -0.2) is 27.1 Å². The lowest BCUT2D eigenvalue weighted by atomic mass is 10.1. The average Bonchev–Trinajstić information content (AvgIpc) is 3.30. The maximum atomic E-state index is 14.2. The molecule has 0 unspecified atom stereocenters. The van der Waals surface area contributed by atoms with Gasteiger partial charge in [0.2, 0.25) is 10.0 Å². The lowest BCUT2D eigenvalue weighted by molar-refractivity contribution is 0.182. The van der Waals surface area contributed by atoms with Crippen LogP contribution in [-0.4, -0.2) is 60.3 Å². The molecule has 1 saturated heterocycles. The molecule has 1 aliphatic rings. The molecule has 0 amide bonds. The van der Waals surface area contributed by atoms with E-state index in [9.17, 15) is 12.8 Å². The van der Waals surface area contributed by atoms with Crippen LogP contribution in [0, 0.1) is 11.7 Å². The molecule has 2 atom stereocenters. The molecule has 9 heteroatoms. The zero-order chi connectivity index (χ0) is 19.9. The Morgan fingerprint density at radius 2 is 2.07 bits per heavy atom. The summed E-state index contributed by atoms with van der Waals surface area (Å²) >= 11 is 0. The minimum atomic E-state index is -3.36. The molecule has 3 aromatic rings. The van der Waals surface area contributed by atoms with Gasteiger partial charge in [-0.05, 0) is 12.1 Å². The number of rotatable bonds is 5. The van der Waals surface area contributed by atoms with Crippen LogP contribution in [-0.2, 0) is 14.8 Å². The molecule has 2 aromatic heterocycles. The van der Waals surface area contributed by atoms with Gasteiger partial charge in [-0.3, -0.25) is 0 Å². The van der Waals surface area contributed by atoms with Crippen LogP contribution in [0.25, 0.3) is 22.4 Å². The summed E-state index contributed by atoms with van der Waals surface area (Å²) in [6, 6.07) is 8.23. The summed E-state index contributed by atoms with van der Waals surface area (Å²) in [4.78, 5) is 8.85. The first-order chi connectivity index (χ1) is 13.4. The van der Waals surface area contributed by atoms with Gasteiger partial charge in [0.1, 0.15) is 17.0 Å². The van der Waals surface area contributed by atoms with Crippen LogP contribution in [0.4, 0.5) is 4.39 Å². The standard InChI is InChI=1S/C19H21FN4O3S/c1-23(2)28(25,26)12-14-10-27-11-17(14)24-9-8-21-19(24)16-7-6-13-4-3-5-15(20)18(13)22-16/h3-9,14,17H,10-12H2,1-2H3/t14-,17-/m1/s1. The Morgan fingerprint density at radius 3 is 2.86 bits per heavy atom. The van der Waals surface area contributed by atoms with E-state index in [4.69, 9.17) is 4.74 Å². The highest BCUT2D eigenvalue weighted by atomic mass is 32.2. The molecule has 0 saturated carbocycles. The van der Waals surface area contributed by atoms with Crippen molar-refractivity contribution in [3.8, 4) is 11.5 Å². The molecule has 1 aromatic carbocycles. The summed E-state index contributed by atoms with van der Waals surface area (Å²) in [7, 11) is -0.315. The molecular weight excluding hydrogens is 383 g/mol. The number of aromatic nitrogens is 3. The predicted molar refractivity (Wildman–Crippen MR) is 104 cm³/mol. The minimum absolute atomic E-state index is 0.0118. The van der Waals surface area contributed by atoms with E-state index in [-0.39, 0.29) is 23.2 Å². The number of hydrogen-bond acceptors (Lipinski definition) is 5. The van der Waals surface area contributed by atoms with E-state index in [2.05, 4.69) is 9.97 Å². The van der Waals surface area contributed by atoms with E-state index in [0.717, 1.165) is 0 Å². The van der Waals surface area contributed by atoms with E-state index >= 15 is 0 Å². The Morgan fingerprint density at radius 1 is 1.25 bits per heavy atom. The molecule has 148 valence electrons. The first-order valence-corrected chi connectivity index (χ1v) is 10.5. The van der Waals surface area contributed by atoms with Crippen LogP contribution in [0.3, 0.4) is 0 Å². The van der Waals surface area contributed by atoms with E-state index < -0.39 is 15.8 Å². The maximum Gasteiger partial charge on any atom is 0.214 e. The fourth-order valence-electron chi connectivity index (χ4n) is 3.49. The van der Waals surface area contributed by atoms with Crippen molar-refractivity contribution in [2.45, 2.75) is 6.04 Å². The zero-order valence-electron chi connectivity index (χ0n) is 15.6. The minimum Gasteiger partial charge on any atom is -0.379 e. The van der Waals surface area contributed by atoms with Gasteiger partial charge in [0.15, 0.2) is 5.82 Å². The van der Waals surface area contributed by atoms with Gasteiger partial charge in [-0.15, -0.1) is 0 Å². The molecule has 0 spiro atoms. The first-order valence-electron chi connectivity index (χ1n) is 8.93. The van der Waals surface area contributed by atoms with Crippen LogP contribution < -0.4 is 0 Å². The van der Waals surface area contributed by atoms with Crippen LogP contribution >= 0.6 is 0 Å².